The Hall–Kier alpha value is -5.14. The highest BCUT2D eigenvalue weighted by Crippen LogP contribution is 2.64. The third-order valence-corrected chi connectivity index (χ3v) is 9.65. The second-order valence-electron chi connectivity index (χ2n) is 17.1. The quantitative estimate of drug-likeness (QED) is 0.0472. The average molecular weight is 945 g/mol. The van der Waals surface area contributed by atoms with E-state index in [1.54, 1.807) is 27.7 Å². The smallest absolute Gasteiger partial charge is 0.333 e. The minimum absolute atomic E-state index is 0.0418. The molecular formula is C53H84O14. The van der Waals surface area contributed by atoms with Crippen molar-refractivity contribution in [2.24, 2.45) is 0 Å². The molecule has 0 radical (unpaired) electrons. The van der Waals surface area contributed by atoms with E-state index in [2.05, 4.69) is 13.2 Å². The van der Waals surface area contributed by atoms with E-state index in [1.165, 1.54) is 0 Å². The first-order valence-corrected chi connectivity index (χ1v) is 24.6. The highest BCUT2D eigenvalue weighted by atomic mass is 16.6. The monoisotopic (exact) mass is 945 g/mol. The molecule has 2 aromatic rings. The molecule has 2 rings (SSSR count). The van der Waals surface area contributed by atoms with Gasteiger partial charge in [-0.1, -0.05) is 82.4 Å². The van der Waals surface area contributed by atoms with Gasteiger partial charge in [0, 0.05) is 16.6 Å². The molecule has 0 saturated carbocycles. The number of esters is 2. The molecule has 0 spiro atoms. The summed E-state index contributed by atoms with van der Waals surface area (Å²) in [5.41, 5.74) is 0.558. The van der Waals surface area contributed by atoms with Gasteiger partial charge in [0.15, 0.2) is 23.0 Å². The van der Waals surface area contributed by atoms with Gasteiger partial charge in [-0.05, 0) is 79.1 Å². The van der Waals surface area contributed by atoms with Crippen LogP contribution in [0.2, 0.25) is 0 Å². The Kier molecular flexibility index (Phi) is 26.2. The fraction of sp³-hybridized carbons (Fsp3) is 0.660. The van der Waals surface area contributed by atoms with Crippen molar-refractivity contribution in [2.45, 2.75) is 166 Å². The van der Waals surface area contributed by atoms with E-state index in [4.69, 9.17) is 56.8 Å². The van der Waals surface area contributed by atoms with Crippen LogP contribution in [0.3, 0.4) is 0 Å². The highest BCUT2D eigenvalue weighted by Gasteiger charge is 2.45. The summed E-state index contributed by atoms with van der Waals surface area (Å²) in [6, 6.07) is 0. The molecule has 0 saturated heterocycles. The molecule has 0 aliphatic carbocycles. The van der Waals surface area contributed by atoms with Gasteiger partial charge in [0.25, 0.3) is 0 Å². The number of carbonyl (C=O) groups excluding carboxylic acids is 2. The van der Waals surface area contributed by atoms with Gasteiger partial charge in [0.1, 0.15) is 25.4 Å². The highest BCUT2D eigenvalue weighted by molar-refractivity contribution is 5.87. The van der Waals surface area contributed by atoms with Crippen molar-refractivity contribution in [2.75, 3.05) is 66.1 Å². The molecular weight excluding hydrogens is 861 g/mol. The van der Waals surface area contributed by atoms with Crippen LogP contribution in [0.1, 0.15) is 159 Å². The Morgan fingerprint density at radius 2 is 0.582 bits per heavy atom. The van der Waals surface area contributed by atoms with Gasteiger partial charge in [-0.25, -0.2) is 9.59 Å². The topological polar surface area (TPSA) is 145 Å². The third kappa shape index (κ3) is 16.6. The SMILES string of the molecule is C=C(C)C(=O)OC(C)COc1c(OCCC)c(OCCC)c(C(C)(C)c2c(OCCC)c(OCCC)c(OCC(C)OC(=O)C(=C)C)c(OCCC)c2OCCC)c(OCCC)c1OCCC. The number of hydrogen-bond acceptors (Lipinski definition) is 14. The minimum atomic E-state index is -1.16. The summed E-state index contributed by atoms with van der Waals surface area (Å²) in [7, 11) is 0. The number of rotatable bonds is 36. The van der Waals surface area contributed by atoms with Crippen molar-refractivity contribution in [3.63, 3.8) is 0 Å². The summed E-state index contributed by atoms with van der Waals surface area (Å²) in [6.45, 7) is 36.9. The van der Waals surface area contributed by atoms with Crippen LogP contribution in [0.4, 0.5) is 0 Å². The molecule has 2 atom stereocenters. The van der Waals surface area contributed by atoms with E-state index in [1.807, 2.05) is 69.2 Å². The molecule has 0 N–H and O–H groups in total. The van der Waals surface area contributed by atoms with Crippen LogP contribution in [0.25, 0.3) is 0 Å². The molecule has 0 bridgehead atoms. The molecule has 380 valence electrons. The predicted octanol–water partition coefficient (Wildman–Crippen LogP) is 12.1. The largest absolute Gasteiger partial charge is 0.489 e. The van der Waals surface area contributed by atoms with Crippen LogP contribution in [-0.4, -0.2) is 90.2 Å². The van der Waals surface area contributed by atoms with E-state index < -0.39 is 29.6 Å². The summed E-state index contributed by atoms with van der Waals surface area (Å²) in [5, 5.41) is 0. The van der Waals surface area contributed by atoms with Crippen LogP contribution in [-0.2, 0) is 24.5 Å². The normalized spacial score (nSPS) is 12.0. The zero-order valence-corrected chi connectivity index (χ0v) is 43.5. The maximum atomic E-state index is 12.6. The Morgan fingerprint density at radius 1 is 0.388 bits per heavy atom. The lowest BCUT2D eigenvalue weighted by atomic mass is 9.75. The molecule has 0 aliphatic heterocycles. The first-order valence-electron chi connectivity index (χ1n) is 24.6. The fourth-order valence-electron chi connectivity index (χ4n) is 6.55. The summed E-state index contributed by atoms with van der Waals surface area (Å²) in [5.74, 6) is 2.19. The number of carbonyl (C=O) groups is 2. The molecule has 14 heteroatoms. The second kappa shape index (κ2) is 30.3. The zero-order valence-electron chi connectivity index (χ0n) is 43.5. The second-order valence-corrected chi connectivity index (χ2v) is 17.1. The molecule has 0 amide bonds. The molecule has 0 aromatic heterocycles. The lowest BCUT2D eigenvalue weighted by Crippen LogP contribution is -2.27. The van der Waals surface area contributed by atoms with E-state index >= 15 is 0 Å². The molecule has 2 aromatic carbocycles. The molecule has 67 heavy (non-hydrogen) atoms. The van der Waals surface area contributed by atoms with Crippen molar-refractivity contribution >= 4 is 11.9 Å². The summed E-state index contributed by atoms with van der Waals surface area (Å²) < 4.78 is 78.8. The van der Waals surface area contributed by atoms with Crippen LogP contribution < -0.4 is 47.4 Å². The number of hydrogen-bond donors (Lipinski definition) is 0. The first kappa shape index (κ1) is 58.0. The van der Waals surface area contributed by atoms with E-state index in [0.29, 0.717) is 161 Å². The molecule has 0 heterocycles. The van der Waals surface area contributed by atoms with Gasteiger partial charge in [-0.3, -0.25) is 0 Å². The first-order chi connectivity index (χ1) is 32.1. The number of benzene rings is 2. The number of ether oxygens (including phenoxy) is 12. The standard InChI is InChI=1S/C53H84O14/c1-17-25-56-41-39(42(57-26-18-2)46(61-30-22-6)49(45(41)60-29-21-5)64-33-37(13)66-51(54)35(9)10)53(15,16)40-43(58-27-19-3)47(62-31-23-7)50(65-34-38(14)67-52(55)36(11)12)48(63-32-24-8)44(40)59-28-20-4/h37-38H,9,11,17-34H2,1-8,10,12-16H3. The summed E-state index contributed by atoms with van der Waals surface area (Å²) in [4.78, 5) is 25.2. The van der Waals surface area contributed by atoms with Crippen LogP contribution >= 0.6 is 0 Å². The Balaban J connectivity index is 3.47. The van der Waals surface area contributed by atoms with Crippen molar-refractivity contribution in [1.29, 1.82) is 0 Å². The summed E-state index contributed by atoms with van der Waals surface area (Å²) >= 11 is 0. The van der Waals surface area contributed by atoms with Gasteiger partial charge in [-0.2, -0.15) is 0 Å². The van der Waals surface area contributed by atoms with E-state index in [0.717, 1.165) is 0 Å². The van der Waals surface area contributed by atoms with Gasteiger partial charge in [0.05, 0.1) is 64.0 Å². The van der Waals surface area contributed by atoms with Crippen molar-refractivity contribution in [3.05, 3.63) is 35.4 Å². The Bertz CT molecular complexity index is 1650. The van der Waals surface area contributed by atoms with Crippen molar-refractivity contribution in [3.8, 4) is 57.5 Å². The van der Waals surface area contributed by atoms with Crippen molar-refractivity contribution in [1.82, 2.24) is 0 Å². The lowest BCUT2D eigenvalue weighted by molar-refractivity contribution is -0.145. The molecule has 0 aliphatic rings. The van der Waals surface area contributed by atoms with Gasteiger partial charge >= 0.3 is 11.9 Å². The van der Waals surface area contributed by atoms with Crippen LogP contribution in [0, 0.1) is 0 Å². The van der Waals surface area contributed by atoms with Crippen LogP contribution in [0.15, 0.2) is 24.3 Å². The van der Waals surface area contributed by atoms with E-state index in [9.17, 15) is 9.59 Å². The third-order valence-electron chi connectivity index (χ3n) is 9.65. The fourth-order valence-corrected chi connectivity index (χ4v) is 6.55. The summed E-state index contributed by atoms with van der Waals surface area (Å²) in [6.07, 6.45) is 4.02. The zero-order chi connectivity index (χ0) is 50.1. The van der Waals surface area contributed by atoms with Gasteiger partial charge in [0.2, 0.25) is 34.5 Å². The lowest BCUT2D eigenvalue weighted by Gasteiger charge is -2.36. The van der Waals surface area contributed by atoms with Gasteiger partial charge in [-0.15, -0.1) is 0 Å². The maximum Gasteiger partial charge on any atom is 0.333 e. The van der Waals surface area contributed by atoms with Crippen LogP contribution in [0.5, 0.6) is 57.5 Å². The maximum absolute atomic E-state index is 12.6. The average Bonchev–Trinajstić information content (AvgIpc) is 3.29. The predicted molar refractivity (Wildman–Crippen MR) is 263 cm³/mol. The molecule has 0 fully saturated rings. The Morgan fingerprint density at radius 3 is 0.776 bits per heavy atom. The minimum Gasteiger partial charge on any atom is -0.489 e. The van der Waals surface area contributed by atoms with Crippen molar-refractivity contribution < 1.29 is 66.4 Å². The molecule has 14 nitrogen and oxygen atoms in total. The van der Waals surface area contributed by atoms with E-state index in [-0.39, 0.29) is 35.9 Å². The molecule has 2 unspecified atom stereocenters. The van der Waals surface area contributed by atoms with Gasteiger partial charge < -0.3 is 56.8 Å². The Labute approximate surface area is 402 Å².